The summed E-state index contributed by atoms with van der Waals surface area (Å²) >= 11 is 0. The molecule has 0 heterocycles. The lowest BCUT2D eigenvalue weighted by atomic mass is 10.0. The lowest BCUT2D eigenvalue weighted by Crippen LogP contribution is -2.30. The molecule has 1 unspecified atom stereocenters. The van der Waals surface area contributed by atoms with Crippen LogP contribution in [0.3, 0.4) is 0 Å². The average Bonchev–Trinajstić information content (AvgIpc) is 3.28. The van der Waals surface area contributed by atoms with Crippen molar-refractivity contribution in [3.63, 3.8) is 0 Å². The van der Waals surface area contributed by atoms with E-state index in [2.05, 4.69) is 93.7 Å². The molecular formula is C57H98O6. The first-order chi connectivity index (χ1) is 31.0. The van der Waals surface area contributed by atoms with Gasteiger partial charge in [-0.05, 0) is 89.9 Å². The Morgan fingerprint density at radius 1 is 0.333 bits per heavy atom. The molecule has 63 heavy (non-hydrogen) atoms. The molecule has 0 bridgehead atoms. The summed E-state index contributed by atoms with van der Waals surface area (Å²) in [6.45, 7) is 6.42. The van der Waals surface area contributed by atoms with Crippen molar-refractivity contribution in [2.24, 2.45) is 0 Å². The second-order valence-electron chi connectivity index (χ2n) is 17.4. The van der Waals surface area contributed by atoms with Crippen LogP contribution in [0.1, 0.15) is 252 Å². The van der Waals surface area contributed by atoms with E-state index in [0.29, 0.717) is 19.3 Å². The molecule has 6 heteroatoms. The van der Waals surface area contributed by atoms with Crippen molar-refractivity contribution in [1.29, 1.82) is 0 Å². The second kappa shape index (κ2) is 51.5. The Balaban J connectivity index is 4.07. The first-order valence-electron chi connectivity index (χ1n) is 26.4. The first-order valence-corrected chi connectivity index (χ1v) is 26.4. The third-order valence-electron chi connectivity index (χ3n) is 11.2. The SMILES string of the molecule is CC/C=C\C/C=C\C/C=C\C/C=C\C/C=C\CCCCCCCCCCCCCC(=O)OCC(COC(=O)CCCCCCC)OC(=O)CCCCCCC/C=C\CCCCCC. The average molecular weight is 879 g/mol. The minimum Gasteiger partial charge on any atom is -0.462 e. The highest BCUT2D eigenvalue weighted by Crippen LogP contribution is 2.15. The van der Waals surface area contributed by atoms with Crippen molar-refractivity contribution in [3.8, 4) is 0 Å². The molecule has 0 N–H and O–H groups in total. The van der Waals surface area contributed by atoms with Crippen LogP contribution in [0.5, 0.6) is 0 Å². The summed E-state index contributed by atoms with van der Waals surface area (Å²) in [6.07, 6.45) is 65.0. The van der Waals surface area contributed by atoms with Crippen molar-refractivity contribution in [2.45, 2.75) is 258 Å². The fraction of sp³-hybridized carbons (Fsp3) is 0.737. The Kier molecular flexibility index (Phi) is 48.9. The fourth-order valence-electron chi connectivity index (χ4n) is 7.23. The van der Waals surface area contributed by atoms with Gasteiger partial charge >= 0.3 is 17.9 Å². The molecule has 0 aliphatic rings. The van der Waals surface area contributed by atoms with Gasteiger partial charge in [0.15, 0.2) is 6.10 Å². The van der Waals surface area contributed by atoms with Gasteiger partial charge in [-0.25, -0.2) is 0 Å². The quantitative estimate of drug-likeness (QED) is 0.0262. The summed E-state index contributed by atoms with van der Waals surface area (Å²) in [6, 6.07) is 0. The van der Waals surface area contributed by atoms with E-state index >= 15 is 0 Å². The van der Waals surface area contributed by atoms with Crippen LogP contribution in [0, 0.1) is 0 Å². The standard InChI is InChI=1S/C57H98O6/c1-4-7-10-13-15-17-19-21-22-23-24-25-26-27-28-29-30-31-32-33-34-36-37-39-41-44-47-50-56(59)62-53-54(52-61-55(58)49-46-43-12-9-6-3)63-57(60)51-48-45-42-40-38-35-20-18-16-14-11-8-5-2/h7,10,15,17-18,20-22,24-25,27-28,54H,4-6,8-9,11-14,16,19,23,26,29-53H2,1-3H3/b10-7-,17-15-,20-18-,22-21-,25-24-,28-27-. The van der Waals surface area contributed by atoms with E-state index in [4.69, 9.17) is 14.2 Å². The zero-order valence-electron chi connectivity index (χ0n) is 41.3. The van der Waals surface area contributed by atoms with Gasteiger partial charge in [0, 0.05) is 19.3 Å². The van der Waals surface area contributed by atoms with E-state index in [0.717, 1.165) is 109 Å². The van der Waals surface area contributed by atoms with E-state index < -0.39 is 6.10 Å². The van der Waals surface area contributed by atoms with Gasteiger partial charge in [-0.15, -0.1) is 0 Å². The zero-order chi connectivity index (χ0) is 45.8. The molecule has 0 radical (unpaired) electrons. The fourth-order valence-corrected chi connectivity index (χ4v) is 7.23. The Morgan fingerprint density at radius 3 is 1.00 bits per heavy atom. The number of unbranched alkanes of at least 4 members (excludes halogenated alkanes) is 24. The van der Waals surface area contributed by atoms with Crippen LogP contribution in [-0.2, 0) is 28.6 Å². The molecule has 0 amide bonds. The summed E-state index contributed by atoms with van der Waals surface area (Å²) in [7, 11) is 0. The Bertz CT molecular complexity index is 1190. The highest BCUT2D eigenvalue weighted by atomic mass is 16.6. The Labute approximate surface area is 389 Å². The van der Waals surface area contributed by atoms with Crippen molar-refractivity contribution < 1.29 is 28.6 Å². The van der Waals surface area contributed by atoms with Gasteiger partial charge in [0.1, 0.15) is 13.2 Å². The summed E-state index contributed by atoms with van der Waals surface area (Å²) in [5.41, 5.74) is 0. The maximum Gasteiger partial charge on any atom is 0.306 e. The van der Waals surface area contributed by atoms with Gasteiger partial charge in [-0.2, -0.15) is 0 Å². The van der Waals surface area contributed by atoms with Crippen LogP contribution in [0.25, 0.3) is 0 Å². The molecule has 0 rings (SSSR count). The topological polar surface area (TPSA) is 78.9 Å². The minimum absolute atomic E-state index is 0.0793. The number of rotatable bonds is 47. The number of esters is 3. The van der Waals surface area contributed by atoms with Gasteiger partial charge in [0.05, 0.1) is 0 Å². The summed E-state index contributed by atoms with van der Waals surface area (Å²) < 4.78 is 16.7. The number of hydrogen-bond donors (Lipinski definition) is 0. The van der Waals surface area contributed by atoms with E-state index in [1.807, 2.05) is 0 Å². The molecule has 0 aromatic rings. The molecule has 0 aliphatic heterocycles. The maximum absolute atomic E-state index is 12.7. The van der Waals surface area contributed by atoms with Gasteiger partial charge in [0.25, 0.3) is 0 Å². The molecule has 362 valence electrons. The third-order valence-corrected chi connectivity index (χ3v) is 11.2. The van der Waals surface area contributed by atoms with Crippen LogP contribution >= 0.6 is 0 Å². The number of allylic oxidation sites excluding steroid dienone is 12. The monoisotopic (exact) mass is 879 g/mol. The second-order valence-corrected chi connectivity index (χ2v) is 17.4. The van der Waals surface area contributed by atoms with E-state index in [-0.39, 0.29) is 31.1 Å². The summed E-state index contributed by atoms with van der Waals surface area (Å²) in [4.78, 5) is 37.6. The molecule has 0 aromatic carbocycles. The highest BCUT2D eigenvalue weighted by Gasteiger charge is 2.19. The highest BCUT2D eigenvalue weighted by molar-refractivity contribution is 5.71. The van der Waals surface area contributed by atoms with Gasteiger partial charge in [0.2, 0.25) is 0 Å². The first kappa shape index (κ1) is 59.9. The normalized spacial score (nSPS) is 12.6. The van der Waals surface area contributed by atoms with Crippen LogP contribution in [0.15, 0.2) is 72.9 Å². The molecule has 0 saturated carbocycles. The summed E-state index contributed by atoms with van der Waals surface area (Å²) in [5, 5.41) is 0. The number of carbonyl (C=O) groups excluding carboxylic acids is 3. The number of ether oxygens (including phenoxy) is 3. The minimum atomic E-state index is -0.775. The van der Waals surface area contributed by atoms with E-state index in [1.165, 1.54) is 103 Å². The molecule has 0 aliphatic carbocycles. The Hall–Kier alpha value is -3.15. The molecule has 0 saturated heterocycles. The molecular weight excluding hydrogens is 781 g/mol. The number of hydrogen-bond acceptors (Lipinski definition) is 6. The lowest BCUT2D eigenvalue weighted by molar-refractivity contribution is -0.167. The third kappa shape index (κ3) is 49.7. The van der Waals surface area contributed by atoms with Crippen molar-refractivity contribution in [2.75, 3.05) is 13.2 Å². The maximum atomic E-state index is 12.7. The van der Waals surface area contributed by atoms with Crippen molar-refractivity contribution >= 4 is 17.9 Å². The van der Waals surface area contributed by atoms with Gasteiger partial charge in [-0.3, -0.25) is 14.4 Å². The van der Waals surface area contributed by atoms with Crippen LogP contribution in [-0.4, -0.2) is 37.2 Å². The zero-order valence-corrected chi connectivity index (χ0v) is 41.3. The molecule has 1 atom stereocenters. The number of carbonyl (C=O) groups is 3. The van der Waals surface area contributed by atoms with Crippen LogP contribution in [0.4, 0.5) is 0 Å². The smallest absolute Gasteiger partial charge is 0.306 e. The van der Waals surface area contributed by atoms with E-state index in [1.54, 1.807) is 0 Å². The van der Waals surface area contributed by atoms with Gasteiger partial charge < -0.3 is 14.2 Å². The van der Waals surface area contributed by atoms with Crippen molar-refractivity contribution in [3.05, 3.63) is 72.9 Å². The summed E-state index contributed by atoms with van der Waals surface area (Å²) in [5.74, 6) is -0.904. The van der Waals surface area contributed by atoms with Gasteiger partial charge in [-0.1, -0.05) is 216 Å². The van der Waals surface area contributed by atoms with Crippen molar-refractivity contribution in [1.82, 2.24) is 0 Å². The van der Waals surface area contributed by atoms with E-state index in [9.17, 15) is 14.4 Å². The predicted molar refractivity (Wildman–Crippen MR) is 270 cm³/mol. The molecule has 0 aromatic heterocycles. The van der Waals surface area contributed by atoms with Crippen LogP contribution in [0.2, 0.25) is 0 Å². The van der Waals surface area contributed by atoms with Crippen LogP contribution < -0.4 is 0 Å². The predicted octanol–water partition coefficient (Wildman–Crippen LogP) is 17.4. The largest absolute Gasteiger partial charge is 0.462 e. The molecule has 0 spiro atoms. The molecule has 0 fully saturated rings. The Morgan fingerprint density at radius 2 is 0.619 bits per heavy atom. The molecule has 6 nitrogen and oxygen atoms in total. The lowest BCUT2D eigenvalue weighted by Gasteiger charge is -2.18.